The van der Waals surface area contributed by atoms with Crippen molar-refractivity contribution in [2.75, 3.05) is 6.61 Å². The fourth-order valence-electron chi connectivity index (χ4n) is 2.11. The summed E-state index contributed by atoms with van der Waals surface area (Å²) in [6.45, 7) is 2.40. The van der Waals surface area contributed by atoms with Gasteiger partial charge in [-0.25, -0.2) is 0 Å². The number of hydrogen-bond donors (Lipinski definition) is 1. The predicted molar refractivity (Wildman–Crippen MR) is 54.1 cm³/mol. The zero-order valence-corrected chi connectivity index (χ0v) is 9.52. The summed E-state index contributed by atoms with van der Waals surface area (Å²) in [7, 11) is 0. The molecule has 0 bridgehead atoms. The van der Waals surface area contributed by atoms with Crippen molar-refractivity contribution in [3.63, 3.8) is 0 Å². The SMILES string of the molecule is CCC1CC(O)(CCCC(F)(F)F)CCO1. The smallest absolute Gasteiger partial charge is 0.389 e. The van der Waals surface area contributed by atoms with Gasteiger partial charge in [0.2, 0.25) is 0 Å². The van der Waals surface area contributed by atoms with E-state index in [9.17, 15) is 18.3 Å². The third-order valence-corrected chi connectivity index (χ3v) is 3.09. The van der Waals surface area contributed by atoms with E-state index in [-0.39, 0.29) is 18.9 Å². The van der Waals surface area contributed by atoms with E-state index in [1.807, 2.05) is 6.92 Å². The molecule has 1 rings (SSSR count). The molecule has 2 atom stereocenters. The van der Waals surface area contributed by atoms with Crippen LogP contribution in [0, 0.1) is 0 Å². The zero-order chi connectivity index (χ0) is 12.2. The molecule has 0 radical (unpaired) electrons. The average Bonchev–Trinajstić information content (AvgIpc) is 2.15. The van der Waals surface area contributed by atoms with Crippen LogP contribution in [0.15, 0.2) is 0 Å². The molecular weight excluding hydrogens is 221 g/mol. The van der Waals surface area contributed by atoms with Gasteiger partial charge in [0.25, 0.3) is 0 Å². The van der Waals surface area contributed by atoms with Gasteiger partial charge in [0.1, 0.15) is 0 Å². The van der Waals surface area contributed by atoms with Crippen molar-refractivity contribution in [1.82, 2.24) is 0 Å². The highest BCUT2D eigenvalue weighted by molar-refractivity contribution is 4.85. The molecule has 1 aliphatic heterocycles. The molecule has 2 nitrogen and oxygen atoms in total. The van der Waals surface area contributed by atoms with Gasteiger partial charge in [-0.15, -0.1) is 0 Å². The first kappa shape index (κ1) is 13.8. The molecule has 1 heterocycles. The van der Waals surface area contributed by atoms with E-state index in [0.29, 0.717) is 19.4 Å². The molecule has 0 aromatic heterocycles. The summed E-state index contributed by atoms with van der Waals surface area (Å²) >= 11 is 0. The summed E-state index contributed by atoms with van der Waals surface area (Å²) < 4.78 is 41.3. The van der Waals surface area contributed by atoms with Gasteiger partial charge in [-0.2, -0.15) is 13.2 Å². The van der Waals surface area contributed by atoms with Gasteiger partial charge in [0, 0.05) is 19.4 Å². The van der Waals surface area contributed by atoms with E-state index >= 15 is 0 Å². The van der Waals surface area contributed by atoms with Crippen LogP contribution in [0.3, 0.4) is 0 Å². The van der Waals surface area contributed by atoms with Crippen LogP contribution in [0.4, 0.5) is 13.2 Å². The van der Waals surface area contributed by atoms with Gasteiger partial charge in [0.05, 0.1) is 11.7 Å². The lowest BCUT2D eigenvalue weighted by Crippen LogP contribution is -2.40. The van der Waals surface area contributed by atoms with E-state index in [0.717, 1.165) is 6.42 Å². The number of rotatable bonds is 4. The molecule has 1 saturated heterocycles. The second kappa shape index (κ2) is 5.36. The van der Waals surface area contributed by atoms with Crippen LogP contribution in [-0.2, 0) is 4.74 Å². The molecule has 1 N–H and O–H groups in total. The number of alkyl halides is 3. The first-order valence-electron chi connectivity index (χ1n) is 5.75. The summed E-state index contributed by atoms with van der Waals surface area (Å²) in [5.41, 5.74) is -0.954. The fraction of sp³-hybridized carbons (Fsp3) is 1.00. The maximum absolute atomic E-state index is 12.0. The lowest BCUT2D eigenvalue weighted by Gasteiger charge is -2.36. The van der Waals surface area contributed by atoms with Crippen LogP contribution in [0.25, 0.3) is 0 Å². The van der Waals surface area contributed by atoms with Crippen molar-refractivity contribution in [3.8, 4) is 0 Å². The highest BCUT2D eigenvalue weighted by Crippen LogP contribution is 2.32. The van der Waals surface area contributed by atoms with Crippen LogP contribution < -0.4 is 0 Å². The Hall–Kier alpha value is -0.290. The quantitative estimate of drug-likeness (QED) is 0.818. The topological polar surface area (TPSA) is 29.5 Å². The van der Waals surface area contributed by atoms with E-state index < -0.39 is 18.2 Å². The van der Waals surface area contributed by atoms with Crippen molar-refractivity contribution >= 4 is 0 Å². The predicted octanol–water partition coefficient (Wildman–Crippen LogP) is 3.04. The van der Waals surface area contributed by atoms with E-state index in [4.69, 9.17) is 4.74 Å². The Morgan fingerprint density at radius 3 is 2.69 bits per heavy atom. The molecule has 1 aliphatic rings. The highest BCUT2D eigenvalue weighted by atomic mass is 19.4. The number of aliphatic hydroxyl groups is 1. The first-order chi connectivity index (χ1) is 7.35. The van der Waals surface area contributed by atoms with Crippen molar-refractivity contribution in [2.45, 2.75) is 63.3 Å². The number of hydrogen-bond acceptors (Lipinski definition) is 2. The lowest BCUT2D eigenvalue weighted by atomic mass is 9.85. The van der Waals surface area contributed by atoms with Crippen LogP contribution in [0.5, 0.6) is 0 Å². The third kappa shape index (κ3) is 4.70. The van der Waals surface area contributed by atoms with Crippen molar-refractivity contribution in [2.24, 2.45) is 0 Å². The minimum atomic E-state index is -4.12. The number of halogens is 3. The molecule has 96 valence electrons. The second-order valence-corrected chi connectivity index (χ2v) is 4.55. The van der Waals surface area contributed by atoms with Crippen LogP contribution in [0.2, 0.25) is 0 Å². The maximum Gasteiger partial charge on any atom is 0.389 e. The Bertz CT molecular complexity index is 218. The molecule has 2 unspecified atom stereocenters. The van der Waals surface area contributed by atoms with Crippen molar-refractivity contribution in [3.05, 3.63) is 0 Å². The fourth-order valence-corrected chi connectivity index (χ4v) is 2.11. The Morgan fingerprint density at radius 1 is 1.44 bits per heavy atom. The minimum Gasteiger partial charge on any atom is -0.390 e. The lowest BCUT2D eigenvalue weighted by molar-refractivity contribution is -0.143. The summed E-state index contributed by atoms with van der Waals surface area (Å²) in [6, 6.07) is 0. The van der Waals surface area contributed by atoms with E-state index in [1.54, 1.807) is 0 Å². The first-order valence-corrected chi connectivity index (χ1v) is 5.75. The van der Waals surface area contributed by atoms with Gasteiger partial charge >= 0.3 is 6.18 Å². The van der Waals surface area contributed by atoms with Crippen LogP contribution in [-0.4, -0.2) is 29.6 Å². The Labute approximate surface area is 93.8 Å². The Morgan fingerprint density at radius 2 is 2.12 bits per heavy atom. The maximum atomic E-state index is 12.0. The summed E-state index contributed by atoms with van der Waals surface area (Å²) in [5.74, 6) is 0. The summed E-state index contributed by atoms with van der Waals surface area (Å²) in [6.07, 6.45) is -3.03. The van der Waals surface area contributed by atoms with Crippen LogP contribution in [0.1, 0.15) is 45.4 Å². The molecule has 0 aliphatic carbocycles. The molecule has 0 aromatic carbocycles. The van der Waals surface area contributed by atoms with Gasteiger partial charge in [0.15, 0.2) is 0 Å². The van der Waals surface area contributed by atoms with Gasteiger partial charge < -0.3 is 9.84 Å². The monoisotopic (exact) mass is 240 g/mol. The summed E-state index contributed by atoms with van der Waals surface area (Å²) in [4.78, 5) is 0. The second-order valence-electron chi connectivity index (χ2n) is 4.55. The molecule has 0 aromatic rings. The van der Waals surface area contributed by atoms with Crippen molar-refractivity contribution in [1.29, 1.82) is 0 Å². The molecule has 0 spiro atoms. The molecular formula is C11H19F3O2. The molecule has 0 saturated carbocycles. The third-order valence-electron chi connectivity index (χ3n) is 3.09. The van der Waals surface area contributed by atoms with Gasteiger partial charge in [-0.3, -0.25) is 0 Å². The molecule has 5 heteroatoms. The molecule has 16 heavy (non-hydrogen) atoms. The molecule has 0 amide bonds. The van der Waals surface area contributed by atoms with E-state index in [1.165, 1.54) is 0 Å². The van der Waals surface area contributed by atoms with Gasteiger partial charge in [-0.1, -0.05) is 6.92 Å². The standard InChI is InChI=1S/C11H19F3O2/c1-2-9-8-10(15,6-7-16-9)4-3-5-11(12,13)14/h9,15H,2-8H2,1H3. The Kier molecular flexibility index (Phi) is 4.62. The van der Waals surface area contributed by atoms with Crippen molar-refractivity contribution < 1.29 is 23.0 Å². The minimum absolute atomic E-state index is 0.00354. The molecule has 1 fully saturated rings. The number of ether oxygens (including phenoxy) is 1. The zero-order valence-electron chi connectivity index (χ0n) is 9.52. The normalized spacial score (nSPS) is 31.7. The van der Waals surface area contributed by atoms with Crippen LogP contribution >= 0.6 is 0 Å². The average molecular weight is 240 g/mol. The van der Waals surface area contributed by atoms with Gasteiger partial charge in [-0.05, 0) is 25.7 Å². The largest absolute Gasteiger partial charge is 0.390 e. The Balaban J connectivity index is 2.33. The highest BCUT2D eigenvalue weighted by Gasteiger charge is 2.35. The summed E-state index contributed by atoms with van der Waals surface area (Å²) in [5, 5.41) is 10.1. The van der Waals surface area contributed by atoms with E-state index in [2.05, 4.69) is 0 Å².